The van der Waals surface area contributed by atoms with Gasteiger partial charge in [0.25, 0.3) is 0 Å². The average molecular weight is 292 g/mol. The second-order valence-corrected chi connectivity index (χ2v) is 7.19. The normalized spacial score (nSPS) is 20.9. The highest BCUT2D eigenvalue weighted by Crippen LogP contribution is 2.30. The largest absolute Gasteiger partial charge is 0.496 e. The molecule has 1 saturated heterocycles. The van der Waals surface area contributed by atoms with Gasteiger partial charge in [0, 0.05) is 23.0 Å². The molecule has 0 saturated carbocycles. The Balaban J connectivity index is 1.96. The molecule has 0 radical (unpaired) electrons. The van der Waals surface area contributed by atoms with Crippen LogP contribution in [-0.2, 0) is 9.84 Å². The number of ether oxygens (including phenoxy) is 1. The molecular formula is C14H16N2O3S. The van der Waals surface area contributed by atoms with E-state index in [1.165, 1.54) is 0 Å². The van der Waals surface area contributed by atoms with E-state index in [9.17, 15) is 8.42 Å². The van der Waals surface area contributed by atoms with Crippen molar-refractivity contribution in [3.63, 3.8) is 0 Å². The lowest BCUT2D eigenvalue weighted by atomic mass is 10.1. The van der Waals surface area contributed by atoms with Gasteiger partial charge < -0.3 is 10.1 Å². The summed E-state index contributed by atoms with van der Waals surface area (Å²) in [6.45, 7) is 0. The zero-order chi connectivity index (χ0) is 14.2. The maximum Gasteiger partial charge on any atom is 0.152 e. The lowest BCUT2D eigenvalue weighted by molar-refractivity contribution is 0.420. The van der Waals surface area contributed by atoms with Crippen molar-refractivity contribution in [3.8, 4) is 5.75 Å². The number of methoxy groups -OCH3 is 1. The number of nitrogens with zero attached hydrogens (tertiary/aromatic N) is 1. The molecule has 5 nitrogen and oxygen atoms in total. The van der Waals surface area contributed by atoms with Crippen molar-refractivity contribution >= 4 is 26.4 Å². The summed E-state index contributed by atoms with van der Waals surface area (Å²) in [6, 6.07) is 7.58. The zero-order valence-electron chi connectivity index (χ0n) is 11.2. The first-order valence-corrected chi connectivity index (χ1v) is 8.30. The van der Waals surface area contributed by atoms with Gasteiger partial charge in [0.2, 0.25) is 0 Å². The molecule has 0 amide bonds. The summed E-state index contributed by atoms with van der Waals surface area (Å²) in [5.41, 5.74) is 0. The SMILES string of the molecule is COc1cccc2c(NC3CCS(=O)(=O)C3)nccc12. The van der Waals surface area contributed by atoms with Crippen LogP contribution in [0.15, 0.2) is 30.5 Å². The number of sulfone groups is 1. The van der Waals surface area contributed by atoms with Crippen LogP contribution >= 0.6 is 0 Å². The van der Waals surface area contributed by atoms with Gasteiger partial charge >= 0.3 is 0 Å². The van der Waals surface area contributed by atoms with E-state index in [1.54, 1.807) is 13.3 Å². The highest BCUT2D eigenvalue weighted by atomic mass is 32.2. The van der Waals surface area contributed by atoms with Gasteiger partial charge in [0.1, 0.15) is 11.6 Å². The van der Waals surface area contributed by atoms with E-state index >= 15 is 0 Å². The van der Waals surface area contributed by atoms with Crippen LogP contribution < -0.4 is 10.1 Å². The van der Waals surface area contributed by atoms with Crippen molar-refractivity contribution in [1.82, 2.24) is 4.98 Å². The fourth-order valence-electron chi connectivity index (χ4n) is 2.57. The van der Waals surface area contributed by atoms with Gasteiger partial charge in [-0.25, -0.2) is 13.4 Å². The summed E-state index contributed by atoms with van der Waals surface area (Å²) in [4.78, 5) is 4.33. The molecule has 6 heteroatoms. The van der Waals surface area contributed by atoms with E-state index in [1.807, 2.05) is 24.3 Å². The highest BCUT2D eigenvalue weighted by Gasteiger charge is 2.28. The lowest BCUT2D eigenvalue weighted by Crippen LogP contribution is -2.21. The molecular weight excluding hydrogens is 276 g/mol. The van der Waals surface area contributed by atoms with Crippen LogP contribution in [0.25, 0.3) is 10.8 Å². The minimum atomic E-state index is -2.90. The predicted molar refractivity (Wildman–Crippen MR) is 79.0 cm³/mol. The van der Waals surface area contributed by atoms with Crippen LogP contribution in [0, 0.1) is 0 Å². The Bertz CT molecular complexity index is 743. The van der Waals surface area contributed by atoms with Crippen molar-refractivity contribution in [3.05, 3.63) is 30.5 Å². The van der Waals surface area contributed by atoms with Crippen LogP contribution in [0.2, 0.25) is 0 Å². The van der Waals surface area contributed by atoms with E-state index in [4.69, 9.17) is 4.74 Å². The molecule has 0 bridgehead atoms. The number of hydrogen-bond acceptors (Lipinski definition) is 5. The number of pyridine rings is 1. The molecule has 2 aromatic rings. The third kappa shape index (κ3) is 2.43. The van der Waals surface area contributed by atoms with Crippen molar-refractivity contribution < 1.29 is 13.2 Å². The second-order valence-electron chi connectivity index (χ2n) is 4.96. The Hall–Kier alpha value is -1.82. The number of benzene rings is 1. The first-order chi connectivity index (χ1) is 9.59. The van der Waals surface area contributed by atoms with E-state index in [2.05, 4.69) is 10.3 Å². The number of hydrogen-bond donors (Lipinski definition) is 1. The third-order valence-corrected chi connectivity index (χ3v) is 5.33. The van der Waals surface area contributed by atoms with Gasteiger partial charge in [-0.05, 0) is 18.6 Å². The molecule has 0 spiro atoms. The molecule has 3 rings (SSSR count). The summed E-state index contributed by atoms with van der Waals surface area (Å²) < 4.78 is 28.4. The first-order valence-electron chi connectivity index (χ1n) is 6.48. The molecule has 106 valence electrons. The minimum Gasteiger partial charge on any atom is -0.496 e. The summed E-state index contributed by atoms with van der Waals surface area (Å²) in [7, 11) is -1.27. The van der Waals surface area contributed by atoms with Gasteiger partial charge in [0.15, 0.2) is 9.84 Å². The molecule has 1 fully saturated rings. The summed E-state index contributed by atoms with van der Waals surface area (Å²) in [5, 5.41) is 5.15. The second kappa shape index (κ2) is 4.94. The maximum absolute atomic E-state index is 11.5. The number of fused-ring (bicyclic) bond motifs is 1. The van der Waals surface area contributed by atoms with Crippen molar-refractivity contribution in [2.45, 2.75) is 12.5 Å². The lowest BCUT2D eigenvalue weighted by Gasteiger charge is -2.14. The van der Waals surface area contributed by atoms with E-state index in [0.717, 1.165) is 16.5 Å². The number of nitrogens with one attached hydrogen (secondary N) is 1. The van der Waals surface area contributed by atoms with Crippen molar-refractivity contribution in [2.75, 3.05) is 23.9 Å². The predicted octanol–water partition coefficient (Wildman–Crippen LogP) is 1.84. The molecule has 2 heterocycles. The topological polar surface area (TPSA) is 68.3 Å². The van der Waals surface area contributed by atoms with Crippen LogP contribution in [-0.4, -0.2) is 38.1 Å². The molecule has 1 atom stereocenters. The molecule has 0 aliphatic carbocycles. The third-order valence-electron chi connectivity index (χ3n) is 3.56. The fraction of sp³-hybridized carbons (Fsp3) is 0.357. The Morgan fingerprint density at radius 2 is 2.15 bits per heavy atom. The molecule has 1 unspecified atom stereocenters. The van der Waals surface area contributed by atoms with Gasteiger partial charge in [-0.15, -0.1) is 0 Å². The Morgan fingerprint density at radius 3 is 2.85 bits per heavy atom. The van der Waals surface area contributed by atoms with Gasteiger partial charge in [0.05, 0.1) is 18.6 Å². The van der Waals surface area contributed by atoms with E-state index < -0.39 is 9.84 Å². The molecule has 1 aliphatic heterocycles. The molecule has 20 heavy (non-hydrogen) atoms. The molecule has 1 aromatic heterocycles. The van der Waals surface area contributed by atoms with Gasteiger partial charge in [-0.2, -0.15) is 0 Å². The van der Waals surface area contributed by atoms with Crippen LogP contribution in [0.3, 0.4) is 0 Å². The van der Waals surface area contributed by atoms with Crippen molar-refractivity contribution in [1.29, 1.82) is 0 Å². The monoisotopic (exact) mass is 292 g/mol. The number of rotatable bonds is 3. The summed E-state index contributed by atoms with van der Waals surface area (Å²) in [5.74, 6) is 1.92. The quantitative estimate of drug-likeness (QED) is 0.935. The van der Waals surface area contributed by atoms with Crippen LogP contribution in [0.4, 0.5) is 5.82 Å². The number of anilines is 1. The Morgan fingerprint density at radius 1 is 1.30 bits per heavy atom. The van der Waals surface area contributed by atoms with Crippen LogP contribution in [0.1, 0.15) is 6.42 Å². The van der Waals surface area contributed by atoms with Gasteiger partial charge in [-0.1, -0.05) is 12.1 Å². The van der Waals surface area contributed by atoms with E-state index in [-0.39, 0.29) is 17.5 Å². The Kier molecular flexibility index (Phi) is 3.25. The highest BCUT2D eigenvalue weighted by molar-refractivity contribution is 7.91. The standard InChI is InChI=1S/C14H16N2O3S/c1-19-13-4-2-3-12-11(13)5-7-15-14(12)16-10-6-8-20(17,18)9-10/h2-5,7,10H,6,8-9H2,1H3,(H,15,16). The molecule has 1 aromatic carbocycles. The average Bonchev–Trinajstić information content (AvgIpc) is 2.78. The fourth-order valence-corrected chi connectivity index (χ4v) is 4.25. The Labute approximate surface area is 117 Å². The van der Waals surface area contributed by atoms with Crippen molar-refractivity contribution in [2.24, 2.45) is 0 Å². The minimum absolute atomic E-state index is 0.0655. The summed E-state index contributed by atoms with van der Waals surface area (Å²) in [6.07, 6.45) is 2.33. The smallest absolute Gasteiger partial charge is 0.152 e. The maximum atomic E-state index is 11.5. The number of aromatic nitrogens is 1. The zero-order valence-corrected chi connectivity index (χ0v) is 12.0. The van der Waals surface area contributed by atoms with Gasteiger partial charge in [-0.3, -0.25) is 0 Å². The molecule has 1 aliphatic rings. The van der Waals surface area contributed by atoms with Crippen LogP contribution in [0.5, 0.6) is 5.75 Å². The molecule has 1 N–H and O–H groups in total. The van der Waals surface area contributed by atoms with E-state index in [0.29, 0.717) is 12.2 Å². The first kappa shape index (κ1) is 13.2. The summed E-state index contributed by atoms with van der Waals surface area (Å²) >= 11 is 0.